The first-order valence-electron chi connectivity index (χ1n) is 6.89. The van der Waals surface area contributed by atoms with Gasteiger partial charge in [-0.25, -0.2) is 0 Å². The quantitative estimate of drug-likeness (QED) is 0.825. The zero-order valence-electron chi connectivity index (χ0n) is 11.7. The van der Waals surface area contributed by atoms with E-state index < -0.39 is 0 Å². The Hall–Kier alpha value is 0.270. The van der Waals surface area contributed by atoms with E-state index in [1.807, 2.05) is 0 Å². The van der Waals surface area contributed by atoms with Gasteiger partial charge in [0.1, 0.15) is 0 Å². The zero-order valence-corrected chi connectivity index (χ0v) is 12.5. The molecule has 0 aromatic rings. The number of thioether (sulfide) groups is 1. The molecule has 0 aromatic carbocycles. The third kappa shape index (κ3) is 2.99. The molecule has 3 unspecified atom stereocenters. The summed E-state index contributed by atoms with van der Waals surface area (Å²) in [7, 11) is 0. The zero-order chi connectivity index (χ0) is 12.7. The monoisotopic (exact) mass is 257 g/mol. The Balaban J connectivity index is 2.05. The molecule has 100 valence electrons. The second-order valence-corrected chi connectivity index (χ2v) is 8.11. The van der Waals surface area contributed by atoms with Crippen molar-refractivity contribution < 1.29 is 4.74 Å². The Kier molecular flexibility index (Phi) is 3.82. The van der Waals surface area contributed by atoms with Crippen molar-refractivity contribution in [3.8, 4) is 0 Å². The highest BCUT2D eigenvalue weighted by Crippen LogP contribution is 2.45. The number of hydrogen-bond donors (Lipinski definition) is 1. The van der Waals surface area contributed by atoms with Gasteiger partial charge in [0.15, 0.2) is 0 Å². The molecule has 2 fully saturated rings. The van der Waals surface area contributed by atoms with Crippen molar-refractivity contribution in [1.29, 1.82) is 0 Å². The second-order valence-electron chi connectivity index (χ2n) is 6.76. The van der Waals surface area contributed by atoms with E-state index >= 15 is 0 Å². The number of hydrogen-bond acceptors (Lipinski definition) is 3. The van der Waals surface area contributed by atoms with E-state index in [0.717, 1.165) is 6.42 Å². The summed E-state index contributed by atoms with van der Waals surface area (Å²) in [5.74, 6) is 1.78. The van der Waals surface area contributed by atoms with Crippen molar-refractivity contribution in [1.82, 2.24) is 0 Å². The minimum atomic E-state index is -0.0685. The van der Waals surface area contributed by atoms with Crippen LogP contribution in [-0.2, 0) is 4.74 Å². The normalized spacial score (nSPS) is 37.9. The second kappa shape index (κ2) is 4.75. The molecular formula is C14H27NOS. The maximum absolute atomic E-state index is 6.55. The SMILES string of the molecule is CC1(C)CC(C(N)C2CCCCS2)C(C)(C)O1. The van der Waals surface area contributed by atoms with E-state index in [1.165, 1.54) is 25.0 Å². The summed E-state index contributed by atoms with van der Waals surface area (Å²) >= 11 is 2.08. The number of nitrogens with two attached hydrogens (primary N) is 1. The van der Waals surface area contributed by atoms with Crippen LogP contribution in [-0.4, -0.2) is 28.2 Å². The molecule has 2 aliphatic heterocycles. The molecule has 0 spiro atoms. The van der Waals surface area contributed by atoms with Crippen LogP contribution in [0.1, 0.15) is 53.4 Å². The Morgan fingerprint density at radius 3 is 2.41 bits per heavy atom. The summed E-state index contributed by atoms with van der Waals surface area (Å²) in [6.45, 7) is 8.80. The first-order chi connectivity index (χ1) is 7.82. The standard InChI is InChI=1S/C14H27NOS/c1-13(2)9-10(14(3,4)16-13)12(15)11-7-5-6-8-17-11/h10-12H,5-9,15H2,1-4H3. The molecule has 3 heteroatoms. The van der Waals surface area contributed by atoms with E-state index in [4.69, 9.17) is 10.5 Å². The molecule has 0 aliphatic carbocycles. The van der Waals surface area contributed by atoms with E-state index in [-0.39, 0.29) is 17.2 Å². The van der Waals surface area contributed by atoms with E-state index in [1.54, 1.807) is 0 Å². The van der Waals surface area contributed by atoms with Crippen LogP contribution in [0.2, 0.25) is 0 Å². The van der Waals surface area contributed by atoms with Crippen LogP contribution in [0, 0.1) is 5.92 Å². The highest BCUT2D eigenvalue weighted by Gasteiger charge is 2.49. The predicted molar refractivity (Wildman–Crippen MR) is 75.4 cm³/mol. The Labute approximate surface area is 110 Å². The first kappa shape index (κ1) is 13.7. The summed E-state index contributed by atoms with van der Waals surface area (Å²) < 4.78 is 6.17. The summed E-state index contributed by atoms with van der Waals surface area (Å²) in [4.78, 5) is 0. The van der Waals surface area contributed by atoms with Crippen LogP contribution in [0.3, 0.4) is 0 Å². The Morgan fingerprint density at radius 2 is 1.94 bits per heavy atom. The van der Waals surface area contributed by atoms with Gasteiger partial charge in [-0.3, -0.25) is 0 Å². The molecule has 3 atom stereocenters. The molecule has 0 radical (unpaired) electrons. The molecule has 2 aliphatic rings. The molecule has 0 bridgehead atoms. The average Bonchev–Trinajstić information content (AvgIpc) is 2.47. The smallest absolute Gasteiger partial charge is 0.0678 e. The molecule has 2 saturated heterocycles. The van der Waals surface area contributed by atoms with Crippen LogP contribution in [0.15, 0.2) is 0 Å². The van der Waals surface area contributed by atoms with Crippen LogP contribution in [0.4, 0.5) is 0 Å². The van der Waals surface area contributed by atoms with Crippen LogP contribution in [0.25, 0.3) is 0 Å². The van der Waals surface area contributed by atoms with Crippen molar-refractivity contribution in [3.05, 3.63) is 0 Å². The minimum absolute atomic E-state index is 0.00881. The van der Waals surface area contributed by atoms with Gasteiger partial charge in [-0.1, -0.05) is 6.42 Å². The van der Waals surface area contributed by atoms with Gasteiger partial charge in [0.2, 0.25) is 0 Å². The molecule has 0 amide bonds. The molecular weight excluding hydrogens is 230 g/mol. The van der Waals surface area contributed by atoms with Crippen molar-refractivity contribution in [3.63, 3.8) is 0 Å². The number of ether oxygens (including phenoxy) is 1. The lowest BCUT2D eigenvalue weighted by Gasteiger charge is -2.36. The van der Waals surface area contributed by atoms with Crippen molar-refractivity contribution in [2.45, 2.75) is 75.9 Å². The van der Waals surface area contributed by atoms with E-state index in [0.29, 0.717) is 11.2 Å². The van der Waals surface area contributed by atoms with Crippen molar-refractivity contribution >= 4 is 11.8 Å². The fourth-order valence-electron chi connectivity index (χ4n) is 3.53. The van der Waals surface area contributed by atoms with Gasteiger partial charge >= 0.3 is 0 Å². The third-order valence-corrected chi connectivity index (χ3v) is 5.76. The van der Waals surface area contributed by atoms with Gasteiger partial charge in [0, 0.05) is 17.2 Å². The predicted octanol–water partition coefficient (Wildman–Crippen LogP) is 3.19. The maximum atomic E-state index is 6.55. The van der Waals surface area contributed by atoms with Crippen molar-refractivity contribution in [2.24, 2.45) is 11.7 Å². The van der Waals surface area contributed by atoms with Gasteiger partial charge in [-0.05, 0) is 52.7 Å². The summed E-state index contributed by atoms with van der Waals surface area (Å²) in [5, 5.41) is 0.644. The number of rotatable bonds is 2. The van der Waals surface area contributed by atoms with Gasteiger partial charge in [0.05, 0.1) is 11.2 Å². The lowest BCUT2D eigenvalue weighted by Crippen LogP contribution is -2.47. The van der Waals surface area contributed by atoms with Gasteiger partial charge in [-0.2, -0.15) is 11.8 Å². The molecule has 2 N–H and O–H groups in total. The Morgan fingerprint density at radius 1 is 1.24 bits per heavy atom. The first-order valence-corrected chi connectivity index (χ1v) is 7.94. The Bertz CT molecular complexity index is 271. The van der Waals surface area contributed by atoms with Crippen LogP contribution in [0.5, 0.6) is 0 Å². The summed E-state index contributed by atoms with van der Waals surface area (Å²) in [6.07, 6.45) is 5.10. The van der Waals surface area contributed by atoms with Gasteiger partial charge in [-0.15, -0.1) is 0 Å². The molecule has 2 nitrogen and oxygen atoms in total. The summed E-state index contributed by atoms with van der Waals surface area (Å²) in [5.41, 5.74) is 6.47. The van der Waals surface area contributed by atoms with Crippen molar-refractivity contribution in [2.75, 3.05) is 5.75 Å². The highest BCUT2D eigenvalue weighted by molar-refractivity contribution is 8.00. The molecule has 0 saturated carbocycles. The largest absolute Gasteiger partial charge is 0.369 e. The highest BCUT2D eigenvalue weighted by atomic mass is 32.2. The average molecular weight is 257 g/mol. The fraction of sp³-hybridized carbons (Fsp3) is 1.00. The molecule has 17 heavy (non-hydrogen) atoms. The van der Waals surface area contributed by atoms with Crippen LogP contribution >= 0.6 is 11.8 Å². The van der Waals surface area contributed by atoms with Gasteiger partial charge in [0.25, 0.3) is 0 Å². The fourth-order valence-corrected chi connectivity index (χ4v) is 4.95. The molecule has 0 aromatic heterocycles. The third-order valence-electron chi connectivity index (χ3n) is 4.25. The van der Waals surface area contributed by atoms with E-state index in [9.17, 15) is 0 Å². The lowest BCUT2D eigenvalue weighted by molar-refractivity contribution is -0.0766. The summed E-state index contributed by atoms with van der Waals surface area (Å²) in [6, 6.07) is 0.289. The molecule has 2 rings (SSSR count). The van der Waals surface area contributed by atoms with Crippen LogP contribution < -0.4 is 5.73 Å². The molecule has 2 heterocycles. The lowest BCUT2D eigenvalue weighted by atomic mass is 9.80. The van der Waals surface area contributed by atoms with E-state index in [2.05, 4.69) is 39.5 Å². The van der Waals surface area contributed by atoms with Gasteiger partial charge < -0.3 is 10.5 Å². The topological polar surface area (TPSA) is 35.2 Å². The maximum Gasteiger partial charge on any atom is 0.0678 e. The minimum Gasteiger partial charge on any atom is -0.369 e.